The van der Waals surface area contributed by atoms with Gasteiger partial charge in [0.1, 0.15) is 0 Å². The Bertz CT molecular complexity index is 782. The van der Waals surface area contributed by atoms with Crippen LogP contribution in [0.4, 0.5) is 0 Å². The van der Waals surface area contributed by atoms with Gasteiger partial charge in [0.25, 0.3) is 0 Å². The molecule has 23 heavy (non-hydrogen) atoms. The topological polar surface area (TPSA) is 17.0 Å². The van der Waals surface area contributed by atoms with E-state index < -0.39 is 0 Å². The van der Waals surface area contributed by atoms with Crippen LogP contribution in [-0.4, -0.2) is 17.7 Å². The number of piperidine rings is 1. The molecular formula is C21H24N2. The molecule has 1 aliphatic heterocycles. The molecule has 1 N–H and O–H groups in total. The smallest absolute Gasteiger partial charge is 0.0557 e. The molecule has 1 unspecified atom stereocenters. The molecule has 4 rings (SSSR count). The Morgan fingerprint density at radius 1 is 0.957 bits per heavy atom. The van der Waals surface area contributed by atoms with Crippen LogP contribution in [0, 0.1) is 0 Å². The van der Waals surface area contributed by atoms with Crippen LogP contribution in [0.25, 0.3) is 10.9 Å². The van der Waals surface area contributed by atoms with E-state index in [0.717, 1.165) is 13.1 Å². The molecule has 0 bridgehead atoms. The van der Waals surface area contributed by atoms with E-state index in [1.54, 1.807) is 0 Å². The first-order valence-electron chi connectivity index (χ1n) is 8.70. The molecule has 2 heteroatoms. The van der Waals surface area contributed by atoms with Crippen molar-refractivity contribution in [1.29, 1.82) is 0 Å². The number of nitrogens with one attached hydrogen (secondary N) is 1. The quantitative estimate of drug-likeness (QED) is 0.741. The van der Waals surface area contributed by atoms with Crippen molar-refractivity contribution in [2.75, 3.05) is 13.1 Å². The fourth-order valence-electron chi connectivity index (χ4n) is 3.90. The van der Waals surface area contributed by atoms with Gasteiger partial charge in [-0.05, 0) is 56.0 Å². The normalized spacial score (nSPS) is 17.4. The highest BCUT2D eigenvalue weighted by Gasteiger charge is 2.21. The molecule has 0 radical (unpaired) electrons. The fraction of sp³-hybridized carbons (Fsp3) is 0.333. The Kier molecular flexibility index (Phi) is 3.92. The second-order valence-electron chi connectivity index (χ2n) is 6.62. The highest BCUT2D eigenvalue weighted by molar-refractivity contribution is 5.84. The van der Waals surface area contributed by atoms with E-state index in [-0.39, 0.29) is 0 Å². The van der Waals surface area contributed by atoms with Gasteiger partial charge in [-0.1, -0.05) is 48.5 Å². The van der Waals surface area contributed by atoms with Crippen molar-refractivity contribution < 1.29 is 0 Å². The first-order valence-corrected chi connectivity index (χ1v) is 8.70. The minimum absolute atomic E-state index is 0.358. The highest BCUT2D eigenvalue weighted by Crippen LogP contribution is 2.35. The summed E-state index contributed by atoms with van der Waals surface area (Å²) in [5.74, 6) is 0.686. The van der Waals surface area contributed by atoms with Crippen LogP contribution in [0.1, 0.15) is 42.9 Å². The number of fused-ring (bicyclic) bond motifs is 1. The van der Waals surface area contributed by atoms with Crippen LogP contribution >= 0.6 is 0 Å². The maximum atomic E-state index is 3.48. The van der Waals surface area contributed by atoms with Crippen molar-refractivity contribution >= 4 is 10.9 Å². The van der Waals surface area contributed by atoms with Gasteiger partial charge in [0.15, 0.2) is 0 Å². The van der Waals surface area contributed by atoms with Crippen molar-refractivity contribution in [3.63, 3.8) is 0 Å². The van der Waals surface area contributed by atoms with E-state index in [1.165, 1.54) is 34.9 Å². The van der Waals surface area contributed by atoms with Crippen molar-refractivity contribution in [1.82, 2.24) is 9.88 Å². The van der Waals surface area contributed by atoms with Gasteiger partial charge in [0, 0.05) is 17.1 Å². The lowest BCUT2D eigenvalue weighted by Crippen LogP contribution is -2.26. The van der Waals surface area contributed by atoms with Crippen LogP contribution in [-0.2, 0) is 0 Å². The molecule has 2 nitrogen and oxygen atoms in total. The first kappa shape index (κ1) is 14.5. The van der Waals surface area contributed by atoms with Gasteiger partial charge in [0.2, 0.25) is 0 Å². The molecular weight excluding hydrogens is 280 g/mol. The van der Waals surface area contributed by atoms with Gasteiger partial charge in [-0.15, -0.1) is 0 Å². The number of hydrogen-bond donors (Lipinski definition) is 1. The van der Waals surface area contributed by atoms with Gasteiger partial charge in [0.05, 0.1) is 6.04 Å². The minimum Gasteiger partial charge on any atom is -0.340 e. The molecule has 1 atom stereocenters. The van der Waals surface area contributed by atoms with Gasteiger partial charge in [-0.2, -0.15) is 0 Å². The monoisotopic (exact) mass is 304 g/mol. The average Bonchev–Trinajstić information content (AvgIpc) is 3.02. The van der Waals surface area contributed by atoms with Crippen molar-refractivity contribution in [2.24, 2.45) is 0 Å². The van der Waals surface area contributed by atoms with Crippen LogP contribution in [0.15, 0.2) is 60.8 Å². The molecule has 1 aromatic heterocycles. The van der Waals surface area contributed by atoms with Gasteiger partial charge >= 0.3 is 0 Å². The van der Waals surface area contributed by atoms with E-state index >= 15 is 0 Å². The molecule has 1 saturated heterocycles. The number of rotatable bonds is 3. The van der Waals surface area contributed by atoms with Crippen LogP contribution in [0.5, 0.6) is 0 Å². The van der Waals surface area contributed by atoms with Crippen molar-refractivity contribution in [2.45, 2.75) is 31.7 Å². The summed E-state index contributed by atoms with van der Waals surface area (Å²) in [7, 11) is 0. The Morgan fingerprint density at radius 3 is 2.43 bits per heavy atom. The van der Waals surface area contributed by atoms with Crippen LogP contribution < -0.4 is 5.32 Å². The summed E-state index contributed by atoms with van der Waals surface area (Å²) >= 11 is 0. The van der Waals surface area contributed by atoms with Gasteiger partial charge < -0.3 is 9.88 Å². The maximum Gasteiger partial charge on any atom is 0.0557 e. The number of para-hydroxylation sites is 1. The lowest BCUT2D eigenvalue weighted by Gasteiger charge is -2.22. The molecule has 118 valence electrons. The average molecular weight is 304 g/mol. The number of benzene rings is 2. The summed E-state index contributed by atoms with van der Waals surface area (Å²) in [5, 5.41) is 4.91. The van der Waals surface area contributed by atoms with Gasteiger partial charge in [-0.3, -0.25) is 0 Å². The number of hydrogen-bond acceptors (Lipinski definition) is 1. The first-order chi connectivity index (χ1) is 11.3. The fourth-order valence-corrected chi connectivity index (χ4v) is 3.90. The molecule has 2 heterocycles. The second kappa shape index (κ2) is 6.21. The zero-order valence-electron chi connectivity index (χ0n) is 13.7. The van der Waals surface area contributed by atoms with E-state index in [2.05, 4.69) is 77.6 Å². The minimum atomic E-state index is 0.358. The van der Waals surface area contributed by atoms with Crippen LogP contribution in [0.3, 0.4) is 0 Å². The largest absolute Gasteiger partial charge is 0.340 e. The Hall–Kier alpha value is -2.06. The lowest BCUT2D eigenvalue weighted by atomic mass is 9.90. The Morgan fingerprint density at radius 2 is 1.65 bits per heavy atom. The summed E-state index contributed by atoms with van der Waals surface area (Å²) in [4.78, 5) is 0. The Balaban J connectivity index is 1.81. The Labute approximate surface area is 138 Å². The zero-order valence-corrected chi connectivity index (χ0v) is 13.7. The predicted molar refractivity (Wildman–Crippen MR) is 97.0 cm³/mol. The predicted octanol–water partition coefficient (Wildman–Crippen LogP) is 4.72. The summed E-state index contributed by atoms with van der Waals surface area (Å²) in [6.07, 6.45) is 4.90. The SMILES string of the molecule is CC(c1ccccc1)n1cc(C2CCNCC2)c2ccccc21. The third-order valence-electron chi connectivity index (χ3n) is 5.25. The second-order valence-corrected chi connectivity index (χ2v) is 6.62. The molecule has 3 aromatic rings. The molecule has 2 aromatic carbocycles. The number of nitrogens with zero attached hydrogens (tertiary/aromatic N) is 1. The van der Waals surface area contributed by atoms with E-state index in [4.69, 9.17) is 0 Å². The summed E-state index contributed by atoms with van der Waals surface area (Å²) in [6.45, 7) is 4.57. The van der Waals surface area contributed by atoms with Gasteiger partial charge in [-0.25, -0.2) is 0 Å². The molecule has 1 fully saturated rings. The van der Waals surface area contributed by atoms with E-state index in [0.29, 0.717) is 12.0 Å². The van der Waals surface area contributed by atoms with E-state index in [9.17, 15) is 0 Å². The molecule has 0 aliphatic carbocycles. The third-order valence-corrected chi connectivity index (χ3v) is 5.25. The lowest BCUT2D eigenvalue weighted by molar-refractivity contribution is 0.461. The zero-order chi connectivity index (χ0) is 15.6. The maximum absolute atomic E-state index is 3.48. The number of aromatic nitrogens is 1. The van der Waals surface area contributed by atoms with Crippen molar-refractivity contribution in [3.8, 4) is 0 Å². The molecule has 0 amide bonds. The summed E-state index contributed by atoms with van der Waals surface area (Å²) < 4.78 is 2.46. The molecule has 1 aliphatic rings. The standard InChI is InChI=1S/C21H24N2/c1-16(17-7-3-2-4-8-17)23-15-20(18-11-13-22-14-12-18)19-9-5-6-10-21(19)23/h2-10,15-16,18,22H,11-14H2,1H3. The summed E-state index contributed by atoms with van der Waals surface area (Å²) in [6, 6.07) is 20.0. The highest BCUT2D eigenvalue weighted by atomic mass is 15.0. The summed E-state index contributed by atoms with van der Waals surface area (Å²) in [5.41, 5.74) is 4.26. The molecule has 0 saturated carbocycles. The van der Waals surface area contributed by atoms with E-state index in [1.807, 2.05) is 0 Å². The van der Waals surface area contributed by atoms with Crippen molar-refractivity contribution in [3.05, 3.63) is 71.9 Å². The third kappa shape index (κ3) is 2.68. The van der Waals surface area contributed by atoms with Crippen LogP contribution in [0.2, 0.25) is 0 Å². The molecule has 0 spiro atoms.